The summed E-state index contributed by atoms with van der Waals surface area (Å²) in [6.45, 7) is 12.7. The number of nitrogens with zero attached hydrogens (tertiary/aromatic N) is 3. The van der Waals surface area contributed by atoms with Crippen molar-refractivity contribution in [3.05, 3.63) is 30.1 Å². The van der Waals surface area contributed by atoms with Crippen molar-refractivity contribution in [3.63, 3.8) is 0 Å². The minimum Gasteiger partial charge on any atom is -0.357 e. The number of likely N-dealkylation sites (tertiary alicyclic amines) is 1. The summed E-state index contributed by atoms with van der Waals surface area (Å²) in [5.41, 5.74) is 0.989. The standard InChI is InChI=1S/C18H31N5/c1-4-19-18(22-12-17-7-5-6-8-20-17)21-9-10-23-13-15(2)11-16(3)14-23/h5-8,15-16H,4,9-14H2,1-3H3,(H2,19,21,22). The summed E-state index contributed by atoms with van der Waals surface area (Å²) in [5, 5.41) is 6.74. The molecule has 1 aliphatic heterocycles. The van der Waals surface area contributed by atoms with Crippen molar-refractivity contribution in [2.24, 2.45) is 16.8 Å². The Bertz CT molecular complexity index is 464. The second-order valence-electron chi connectivity index (χ2n) is 6.65. The molecule has 2 heterocycles. The molecule has 0 aliphatic carbocycles. The number of nitrogens with one attached hydrogen (secondary N) is 2. The van der Waals surface area contributed by atoms with Crippen LogP contribution in [0.15, 0.2) is 29.4 Å². The molecule has 2 N–H and O–H groups in total. The van der Waals surface area contributed by atoms with E-state index in [4.69, 9.17) is 0 Å². The molecule has 0 saturated carbocycles. The van der Waals surface area contributed by atoms with Crippen LogP contribution >= 0.6 is 0 Å². The highest BCUT2D eigenvalue weighted by Gasteiger charge is 2.21. The number of aromatic nitrogens is 1. The van der Waals surface area contributed by atoms with Crippen LogP contribution in [0.5, 0.6) is 0 Å². The summed E-state index contributed by atoms with van der Waals surface area (Å²) in [5.74, 6) is 2.49. The fourth-order valence-electron chi connectivity index (χ4n) is 3.30. The highest BCUT2D eigenvalue weighted by molar-refractivity contribution is 5.79. The third-order valence-corrected chi connectivity index (χ3v) is 4.13. The SMILES string of the molecule is CCNC(=NCc1ccccn1)NCCN1CC(C)CC(C)C1. The normalized spacial score (nSPS) is 22.8. The van der Waals surface area contributed by atoms with E-state index in [1.807, 2.05) is 24.4 Å². The summed E-state index contributed by atoms with van der Waals surface area (Å²) in [4.78, 5) is 11.5. The van der Waals surface area contributed by atoms with Crippen LogP contribution in [0.2, 0.25) is 0 Å². The van der Waals surface area contributed by atoms with Crippen LogP contribution < -0.4 is 10.6 Å². The zero-order valence-electron chi connectivity index (χ0n) is 14.8. The molecule has 1 saturated heterocycles. The number of pyridine rings is 1. The van der Waals surface area contributed by atoms with Gasteiger partial charge in [0.25, 0.3) is 0 Å². The molecule has 0 spiro atoms. The molecule has 2 atom stereocenters. The first kappa shape index (κ1) is 17.7. The van der Waals surface area contributed by atoms with Crippen LogP contribution in [-0.4, -0.2) is 48.6 Å². The van der Waals surface area contributed by atoms with Crippen LogP contribution in [0.4, 0.5) is 0 Å². The summed E-state index contributed by atoms with van der Waals surface area (Å²) < 4.78 is 0. The van der Waals surface area contributed by atoms with E-state index >= 15 is 0 Å². The molecule has 1 aromatic heterocycles. The first-order valence-corrected chi connectivity index (χ1v) is 8.81. The molecule has 0 aromatic carbocycles. The molecule has 1 aromatic rings. The maximum Gasteiger partial charge on any atom is 0.191 e. The molecular weight excluding hydrogens is 286 g/mol. The first-order valence-electron chi connectivity index (χ1n) is 8.81. The largest absolute Gasteiger partial charge is 0.357 e. The molecule has 1 fully saturated rings. The van der Waals surface area contributed by atoms with Gasteiger partial charge in [0, 0.05) is 38.9 Å². The van der Waals surface area contributed by atoms with Gasteiger partial charge in [-0.3, -0.25) is 4.98 Å². The Hall–Kier alpha value is -1.62. The van der Waals surface area contributed by atoms with E-state index in [-0.39, 0.29) is 0 Å². The Labute approximate surface area is 140 Å². The van der Waals surface area contributed by atoms with E-state index in [0.29, 0.717) is 6.54 Å². The van der Waals surface area contributed by atoms with Crippen LogP contribution in [0.3, 0.4) is 0 Å². The Morgan fingerprint density at radius 3 is 2.70 bits per heavy atom. The lowest BCUT2D eigenvalue weighted by molar-refractivity contribution is 0.143. The van der Waals surface area contributed by atoms with Gasteiger partial charge in [-0.25, -0.2) is 4.99 Å². The molecule has 1 aliphatic rings. The second-order valence-corrected chi connectivity index (χ2v) is 6.65. The molecule has 128 valence electrons. The van der Waals surface area contributed by atoms with Crippen molar-refractivity contribution in [3.8, 4) is 0 Å². The number of guanidine groups is 1. The van der Waals surface area contributed by atoms with Crippen molar-refractivity contribution < 1.29 is 0 Å². The highest BCUT2D eigenvalue weighted by Crippen LogP contribution is 2.20. The Morgan fingerprint density at radius 1 is 1.26 bits per heavy atom. The molecule has 0 radical (unpaired) electrons. The number of hydrogen-bond donors (Lipinski definition) is 2. The van der Waals surface area contributed by atoms with Crippen molar-refractivity contribution in [2.75, 3.05) is 32.7 Å². The van der Waals surface area contributed by atoms with Gasteiger partial charge in [0.2, 0.25) is 0 Å². The molecule has 5 heteroatoms. The van der Waals surface area contributed by atoms with Gasteiger partial charge in [0.1, 0.15) is 0 Å². The summed E-state index contributed by atoms with van der Waals surface area (Å²) >= 11 is 0. The van der Waals surface area contributed by atoms with E-state index < -0.39 is 0 Å². The van der Waals surface area contributed by atoms with E-state index in [0.717, 1.165) is 43.1 Å². The molecule has 23 heavy (non-hydrogen) atoms. The van der Waals surface area contributed by atoms with Gasteiger partial charge in [-0.2, -0.15) is 0 Å². The quantitative estimate of drug-likeness (QED) is 0.623. The minimum absolute atomic E-state index is 0.605. The average molecular weight is 317 g/mol. The zero-order valence-corrected chi connectivity index (χ0v) is 14.8. The predicted molar refractivity (Wildman–Crippen MR) is 96.4 cm³/mol. The van der Waals surface area contributed by atoms with Crippen molar-refractivity contribution in [1.82, 2.24) is 20.5 Å². The number of aliphatic imine (C=N–C) groups is 1. The van der Waals surface area contributed by atoms with Gasteiger partial charge in [0.05, 0.1) is 12.2 Å². The number of rotatable bonds is 6. The van der Waals surface area contributed by atoms with Crippen LogP contribution in [0.1, 0.15) is 32.9 Å². The van der Waals surface area contributed by atoms with Crippen LogP contribution in [0, 0.1) is 11.8 Å². The molecule has 0 bridgehead atoms. The van der Waals surface area contributed by atoms with Gasteiger partial charge in [-0.15, -0.1) is 0 Å². The fraction of sp³-hybridized carbons (Fsp3) is 0.667. The summed E-state index contributed by atoms with van der Waals surface area (Å²) in [7, 11) is 0. The minimum atomic E-state index is 0.605. The molecule has 2 unspecified atom stereocenters. The third-order valence-electron chi connectivity index (χ3n) is 4.13. The lowest BCUT2D eigenvalue weighted by atomic mass is 9.92. The van der Waals surface area contributed by atoms with Crippen molar-refractivity contribution in [1.29, 1.82) is 0 Å². The fourth-order valence-corrected chi connectivity index (χ4v) is 3.30. The second kappa shape index (κ2) is 9.50. The lowest BCUT2D eigenvalue weighted by Gasteiger charge is -2.35. The van der Waals surface area contributed by atoms with E-state index in [2.05, 4.69) is 46.3 Å². The van der Waals surface area contributed by atoms with Crippen LogP contribution in [0.25, 0.3) is 0 Å². The third kappa shape index (κ3) is 6.57. The Kier molecular flexibility index (Phi) is 7.33. The smallest absolute Gasteiger partial charge is 0.191 e. The highest BCUT2D eigenvalue weighted by atomic mass is 15.2. The summed E-state index contributed by atoms with van der Waals surface area (Å²) in [6, 6.07) is 5.93. The summed E-state index contributed by atoms with van der Waals surface area (Å²) in [6.07, 6.45) is 3.17. The van der Waals surface area contributed by atoms with Gasteiger partial charge >= 0.3 is 0 Å². The maximum atomic E-state index is 4.61. The molecule has 5 nitrogen and oxygen atoms in total. The maximum absolute atomic E-state index is 4.61. The van der Waals surface area contributed by atoms with Crippen molar-refractivity contribution in [2.45, 2.75) is 33.7 Å². The Morgan fingerprint density at radius 2 is 2.04 bits per heavy atom. The number of piperidine rings is 1. The average Bonchev–Trinajstić information content (AvgIpc) is 2.53. The van der Waals surface area contributed by atoms with E-state index in [9.17, 15) is 0 Å². The topological polar surface area (TPSA) is 52.6 Å². The number of hydrogen-bond acceptors (Lipinski definition) is 3. The first-order chi connectivity index (χ1) is 11.2. The molecular formula is C18H31N5. The lowest BCUT2D eigenvalue weighted by Crippen LogP contribution is -2.45. The van der Waals surface area contributed by atoms with Gasteiger partial charge < -0.3 is 15.5 Å². The predicted octanol–water partition coefficient (Wildman–Crippen LogP) is 2.11. The van der Waals surface area contributed by atoms with Crippen LogP contribution in [-0.2, 0) is 6.54 Å². The molecule has 2 rings (SSSR count). The Balaban J connectivity index is 1.78. The monoisotopic (exact) mass is 317 g/mol. The van der Waals surface area contributed by atoms with E-state index in [1.54, 1.807) is 0 Å². The van der Waals surface area contributed by atoms with Gasteiger partial charge in [-0.05, 0) is 37.3 Å². The van der Waals surface area contributed by atoms with Gasteiger partial charge in [-0.1, -0.05) is 19.9 Å². The van der Waals surface area contributed by atoms with E-state index in [1.165, 1.54) is 19.5 Å². The van der Waals surface area contributed by atoms with Gasteiger partial charge in [0.15, 0.2) is 5.96 Å². The molecule has 0 amide bonds. The zero-order chi connectivity index (χ0) is 16.5. The van der Waals surface area contributed by atoms with Crippen molar-refractivity contribution >= 4 is 5.96 Å².